The van der Waals surface area contributed by atoms with Crippen LogP contribution in [0.5, 0.6) is 0 Å². The molecule has 0 saturated carbocycles. The molecule has 1 N–H and O–H groups in total. The Kier molecular flexibility index (Phi) is 6.93. The van der Waals surface area contributed by atoms with Crippen LogP contribution < -0.4 is 4.72 Å². The van der Waals surface area contributed by atoms with Crippen LogP contribution in [0, 0.1) is 12.8 Å². The third-order valence-corrected chi connectivity index (χ3v) is 6.78. The smallest absolute Gasteiger partial charge is 0.215 e. The lowest BCUT2D eigenvalue weighted by molar-refractivity contribution is 0.178. The zero-order valence-electron chi connectivity index (χ0n) is 15.7. The summed E-state index contributed by atoms with van der Waals surface area (Å²) in [4.78, 5) is 2.39. The number of nitrogens with one attached hydrogen (secondary N) is 1. The first-order valence-corrected chi connectivity index (χ1v) is 11.4. The molecule has 1 aliphatic rings. The lowest BCUT2D eigenvalue weighted by Gasteiger charge is -2.32. The lowest BCUT2D eigenvalue weighted by Crippen LogP contribution is -2.38. The molecular weight excluding hydrogens is 380 g/mol. The fourth-order valence-corrected chi connectivity index (χ4v) is 4.94. The molecule has 1 aliphatic heterocycles. The van der Waals surface area contributed by atoms with Crippen LogP contribution in [0.15, 0.2) is 48.5 Å². The first kappa shape index (κ1) is 20.3. The highest BCUT2D eigenvalue weighted by molar-refractivity contribution is 7.88. The zero-order chi connectivity index (χ0) is 19.3. The molecule has 0 bridgehead atoms. The van der Waals surface area contributed by atoms with E-state index in [0.717, 1.165) is 54.2 Å². The van der Waals surface area contributed by atoms with Crippen molar-refractivity contribution in [1.82, 2.24) is 9.62 Å². The Bertz CT molecular complexity index is 862. The number of aryl methyl sites for hydroxylation is 1. The molecule has 0 atom stereocenters. The van der Waals surface area contributed by atoms with E-state index in [-0.39, 0.29) is 5.75 Å². The van der Waals surface area contributed by atoms with E-state index in [9.17, 15) is 8.42 Å². The van der Waals surface area contributed by atoms with Crippen LogP contribution in [0.2, 0.25) is 5.02 Å². The average Bonchev–Trinajstić information content (AvgIpc) is 2.63. The van der Waals surface area contributed by atoms with Crippen molar-refractivity contribution in [3.8, 4) is 0 Å². The van der Waals surface area contributed by atoms with Crippen LogP contribution in [-0.4, -0.2) is 33.0 Å². The van der Waals surface area contributed by atoms with Gasteiger partial charge in [0.2, 0.25) is 10.0 Å². The molecule has 1 heterocycles. The Balaban J connectivity index is 1.44. The molecule has 2 aromatic carbocycles. The highest BCUT2D eigenvalue weighted by Gasteiger charge is 2.21. The van der Waals surface area contributed by atoms with Crippen LogP contribution in [0.1, 0.15) is 29.5 Å². The van der Waals surface area contributed by atoms with Crippen molar-refractivity contribution in [3.05, 3.63) is 70.2 Å². The summed E-state index contributed by atoms with van der Waals surface area (Å²) in [5, 5.41) is 0.809. The Morgan fingerprint density at radius 1 is 1.11 bits per heavy atom. The summed E-state index contributed by atoms with van der Waals surface area (Å²) in [6, 6.07) is 15.6. The fourth-order valence-electron chi connectivity index (χ4n) is 3.53. The van der Waals surface area contributed by atoms with Gasteiger partial charge in [0.15, 0.2) is 0 Å². The normalized spacial score (nSPS) is 16.5. The molecule has 0 spiro atoms. The van der Waals surface area contributed by atoms with Crippen LogP contribution in [0.3, 0.4) is 0 Å². The molecule has 146 valence electrons. The number of likely N-dealkylation sites (tertiary alicyclic amines) is 1. The third-order valence-electron chi connectivity index (χ3n) is 5.09. The van der Waals surface area contributed by atoms with Gasteiger partial charge in [-0.3, -0.25) is 4.90 Å². The minimum absolute atomic E-state index is 0.0417. The Hall–Kier alpha value is -1.40. The van der Waals surface area contributed by atoms with Crippen LogP contribution in [0.4, 0.5) is 0 Å². The van der Waals surface area contributed by atoms with Gasteiger partial charge < -0.3 is 0 Å². The van der Waals surface area contributed by atoms with Crippen LogP contribution >= 0.6 is 11.6 Å². The van der Waals surface area contributed by atoms with Crippen molar-refractivity contribution in [2.45, 2.75) is 32.1 Å². The summed E-state index contributed by atoms with van der Waals surface area (Å²) < 4.78 is 27.5. The molecule has 4 nitrogen and oxygen atoms in total. The van der Waals surface area contributed by atoms with E-state index < -0.39 is 10.0 Å². The van der Waals surface area contributed by atoms with Gasteiger partial charge in [0.1, 0.15) is 0 Å². The standard InChI is InChI=1S/C21H27ClN2O2S/c1-17-5-4-6-19(13-17)16-27(25,26)23-14-18-9-11-24(12-10-18)15-20-7-2-3-8-21(20)22/h2-8,13,18,23H,9-12,14-16H2,1H3. The summed E-state index contributed by atoms with van der Waals surface area (Å²) >= 11 is 6.24. The minimum atomic E-state index is -3.30. The zero-order valence-corrected chi connectivity index (χ0v) is 17.3. The average molecular weight is 407 g/mol. The number of hydrogen-bond donors (Lipinski definition) is 1. The first-order valence-electron chi connectivity index (χ1n) is 9.40. The Labute approximate surface area is 167 Å². The van der Waals surface area contributed by atoms with Crippen LogP contribution in [0.25, 0.3) is 0 Å². The van der Waals surface area contributed by atoms with Crippen LogP contribution in [-0.2, 0) is 22.3 Å². The summed E-state index contributed by atoms with van der Waals surface area (Å²) in [6.45, 7) is 5.28. The van der Waals surface area contributed by atoms with Crippen molar-refractivity contribution < 1.29 is 8.42 Å². The van der Waals surface area contributed by atoms with E-state index in [4.69, 9.17) is 11.6 Å². The Morgan fingerprint density at radius 2 is 1.85 bits per heavy atom. The topological polar surface area (TPSA) is 49.4 Å². The molecule has 3 rings (SSSR count). The number of hydrogen-bond acceptors (Lipinski definition) is 3. The van der Waals surface area contributed by atoms with Gasteiger partial charge in [0.05, 0.1) is 5.75 Å². The lowest BCUT2D eigenvalue weighted by atomic mass is 9.97. The molecule has 27 heavy (non-hydrogen) atoms. The maximum atomic E-state index is 12.4. The van der Waals surface area contributed by atoms with Gasteiger partial charge in [-0.25, -0.2) is 13.1 Å². The van der Waals surface area contributed by atoms with E-state index in [2.05, 4.69) is 15.7 Å². The molecular formula is C21H27ClN2O2S. The SMILES string of the molecule is Cc1cccc(CS(=O)(=O)NCC2CCN(Cc3ccccc3Cl)CC2)c1. The van der Waals surface area contributed by atoms with E-state index in [1.807, 2.05) is 49.4 Å². The van der Waals surface area contributed by atoms with Gasteiger partial charge in [0, 0.05) is 18.1 Å². The summed E-state index contributed by atoms with van der Waals surface area (Å²) in [5.74, 6) is 0.430. The van der Waals surface area contributed by atoms with E-state index in [0.29, 0.717) is 12.5 Å². The molecule has 0 aliphatic carbocycles. The third kappa shape index (κ3) is 6.32. The quantitative estimate of drug-likeness (QED) is 0.756. The van der Waals surface area contributed by atoms with Crippen molar-refractivity contribution in [1.29, 1.82) is 0 Å². The van der Waals surface area contributed by atoms with Crippen molar-refractivity contribution in [2.75, 3.05) is 19.6 Å². The molecule has 6 heteroatoms. The summed E-state index contributed by atoms with van der Waals surface area (Å²) in [6.07, 6.45) is 1.99. The number of nitrogens with zero attached hydrogens (tertiary/aromatic N) is 1. The largest absolute Gasteiger partial charge is 0.299 e. The molecule has 0 aromatic heterocycles. The van der Waals surface area contributed by atoms with Crippen molar-refractivity contribution in [2.24, 2.45) is 5.92 Å². The number of sulfonamides is 1. The number of benzene rings is 2. The van der Waals surface area contributed by atoms with Gasteiger partial charge in [-0.05, 0) is 56.0 Å². The molecule has 1 saturated heterocycles. The highest BCUT2D eigenvalue weighted by Crippen LogP contribution is 2.22. The van der Waals surface area contributed by atoms with Crippen molar-refractivity contribution >= 4 is 21.6 Å². The predicted molar refractivity (Wildman–Crippen MR) is 111 cm³/mol. The van der Waals surface area contributed by atoms with E-state index in [1.54, 1.807) is 0 Å². The van der Waals surface area contributed by atoms with Gasteiger partial charge in [-0.1, -0.05) is 59.6 Å². The van der Waals surface area contributed by atoms with Gasteiger partial charge in [0.25, 0.3) is 0 Å². The van der Waals surface area contributed by atoms with E-state index >= 15 is 0 Å². The second-order valence-electron chi connectivity index (χ2n) is 7.41. The monoisotopic (exact) mass is 406 g/mol. The molecule has 0 radical (unpaired) electrons. The maximum absolute atomic E-state index is 12.4. The van der Waals surface area contributed by atoms with Gasteiger partial charge >= 0.3 is 0 Å². The first-order chi connectivity index (χ1) is 12.9. The second-order valence-corrected chi connectivity index (χ2v) is 9.62. The molecule has 0 unspecified atom stereocenters. The molecule has 0 amide bonds. The Morgan fingerprint density at radius 3 is 2.56 bits per heavy atom. The second kappa shape index (κ2) is 9.20. The minimum Gasteiger partial charge on any atom is -0.299 e. The fraction of sp³-hybridized carbons (Fsp3) is 0.429. The molecule has 1 fully saturated rings. The summed E-state index contributed by atoms with van der Waals surface area (Å²) in [7, 11) is -3.30. The van der Waals surface area contributed by atoms with Gasteiger partial charge in [-0.2, -0.15) is 0 Å². The maximum Gasteiger partial charge on any atom is 0.215 e. The highest BCUT2D eigenvalue weighted by atomic mass is 35.5. The summed E-state index contributed by atoms with van der Waals surface area (Å²) in [5.41, 5.74) is 3.06. The molecule has 2 aromatic rings. The van der Waals surface area contributed by atoms with Crippen molar-refractivity contribution in [3.63, 3.8) is 0 Å². The number of rotatable bonds is 7. The van der Waals surface area contributed by atoms with E-state index in [1.165, 1.54) is 0 Å². The van der Waals surface area contributed by atoms with Gasteiger partial charge in [-0.15, -0.1) is 0 Å². The number of halogens is 1. The predicted octanol–water partition coefficient (Wildman–Crippen LogP) is 3.98. The number of piperidine rings is 1.